The Bertz CT molecular complexity index is 355. The molecular formula is C11H19N7. The summed E-state index contributed by atoms with van der Waals surface area (Å²) in [5.74, 6) is 0.486. The van der Waals surface area contributed by atoms with Gasteiger partial charge in [-0.25, -0.2) is 15.0 Å². The fourth-order valence-corrected chi connectivity index (χ4v) is 0.555. The van der Waals surface area contributed by atoms with Gasteiger partial charge in [0.15, 0.2) is 0 Å². The van der Waals surface area contributed by atoms with Crippen molar-refractivity contribution in [3.63, 3.8) is 0 Å². The van der Waals surface area contributed by atoms with Gasteiger partial charge in [-0.15, -0.1) is 0 Å². The predicted octanol–water partition coefficient (Wildman–Crippen LogP) is 1.87. The smallest absolute Gasteiger partial charge is 0.255 e. The van der Waals surface area contributed by atoms with E-state index in [4.69, 9.17) is 0 Å². The molecule has 0 saturated carbocycles. The normalized spacial score (nSPS) is 10.0. The van der Waals surface area contributed by atoms with E-state index in [-0.39, 0.29) is 17.8 Å². The average Bonchev–Trinajstić information content (AvgIpc) is 2.37. The van der Waals surface area contributed by atoms with Crippen LogP contribution in [0.25, 0.3) is 0 Å². The maximum Gasteiger partial charge on any atom is 0.255 e. The molecule has 0 aromatic carbocycles. The standard InChI is InChI=1S/C6H6N6.C5H13N/c1-7-4-10-5(8-2)12-6(9-3)11-4;1-5(2,3)6-4/h1-3H2;6H,1-4H3. The first-order chi connectivity index (χ1) is 8.36. The highest BCUT2D eigenvalue weighted by atomic mass is 15.2. The molecule has 18 heavy (non-hydrogen) atoms. The van der Waals surface area contributed by atoms with Crippen LogP contribution in [0.15, 0.2) is 15.0 Å². The first-order valence-electron chi connectivity index (χ1n) is 5.21. The van der Waals surface area contributed by atoms with E-state index in [1.165, 1.54) is 0 Å². The van der Waals surface area contributed by atoms with Crippen LogP contribution in [0, 0.1) is 0 Å². The Morgan fingerprint density at radius 2 is 1.06 bits per heavy atom. The first-order valence-corrected chi connectivity index (χ1v) is 5.21. The summed E-state index contributed by atoms with van der Waals surface area (Å²) in [5.41, 5.74) is 0.292. The van der Waals surface area contributed by atoms with Gasteiger partial charge < -0.3 is 5.32 Å². The Balaban J connectivity index is 0.000000411. The van der Waals surface area contributed by atoms with Gasteiger partial charge in [-0.2, -0.15) is 15.0 Å². The van der Waals surface area contributed by atoms with Gasteiger partial charge >= 0.3 is 0 Å². The van der Waals surface area contributed by atoms with E-state index in [0.29, 0.717) is 5.54 Å². The quantitative estimate of drug-likeness (QED) is 0.828. The zero-order chi connectivity index (χ0) is 14.2. The van der Waals surface area contributed by atoms with Crippen LogP contribution in [0.2, 0.25) is 0 Å². The highest BCUT2D eigenvalue weighted by molar-refractivity contribution is 5.44. The molecule has 0 radical (unpaired) electrons. The topological polar surface area (TPSA) is 87.8 Å². The third-order valence-electron chi connectivity index (χ3n) is 1.77. The lowest BCUT2D eigenvalue weighted by atomic mass is 10.1. The van der Waals surface area contributed by atoms with E-state index in [2.05, 4.69) is 76.2 Å². The molecule has 1 aromatic rings. The largest absolute Gasteiger partial charge is 0.315 e. The summed E-state index contributed by atoms with van der Waals surface area (Å²) in [6.45, 7) is 16.2. The molecule has 1 rings (SSSR count). The molecule has 0 aliphatic carbocycles. The molecule has 0 unspecified atom stereocenters. The van der Waals surface area contributed by atoms with Crippen LogP contribution >= 0.6 is 0 Å². The lowest BCUT2D eigenvalue weighted by Gasteiger charge is -2.15. The summed E-state index contributed by atoms with van der Waals surface area (Å²) in [6, 6.07) is 0. The second kappa shape index (κ2) is 7.33. The van der Waals surface area contributed by atoms with Crippen molar-refractivity contribution in [2.24, 2.45) is 15.0 Å². The lowest BCUT2D eigenvalue weighted by molar-refractivity contribution is 0.469. The summed E-state index contributed by atoms with van der Waals surface area (Å²) >= 11 is 0. The van der Waals surface area contributed by atoms with Gasteiger partial charge in [0.05, 0.1) is 0 Å². The fourth-order valence-electron chi connectivity index (χ4n) is 0.555. The number of nitrogens with one attached hydrogen (secondary N) is 1. The molecule has 1 aromatic heterocycles. The number of hydrogen-bond donors (Lipinski definition) is 1. The lowest BCUT2D eigenvalue weighted by Crippen LogP contribution is -2.31. The van der Waals surface area contributed by atoms with Crippen molar-refractivity contribution >= 4 is 38.0 Å². The van der Waals surface area contributed by atoms with Gasteiger partial charge in [0.1, 0.15) is 0 Å². The summed E-state index contributed by atoms with van der Waals surface area (Å²) in [7, 11) is 1.96. The third-order valence-corrected chi connectivity index (χ3v) is 1.77. The van der Waals surface area contributed by atoms with Gasteiger partial charge in [0.2, 0.25) is 0 Å². The Morgan fingerprint density at radius 1 is 0.833 bits per heavy atom. The van der Waals surface area contributed by atoms with Crippen molar-refractivity contribution in [2.75, 3.05) is 7.05 Å². The minimum absolute atomic E-state index is 0.162. The predicted molar refractivity (Wildman–Crippen MR) is 76.3 cm³/mol. The molecule has 0 bridgehead atoms. The molecule has 0 fully saturated rings. The highest BCUT2D eigenvalue weighted by Gasteiger charge is 2.02. The Morgan fingerprint density at radius 3 is 1.17 bits per heavy atom. The van der Waals surface area contributed by atoms with Gasteiger partial charge in [-0.3, -0.25) is 0 Å². The van der Waals surface area contributed by atoms with Crippen molar-refractivity contribution in [1.82, 2.24) is 20.3 Å². The molecule has 1 N–H and O–H groups in total. The van der Waals surface area contributed by atoms with Crippen molar-refractivity contribution in [3.8, 4) is 0 Å². The van der Waals surface area contributed by atoms with Crippen molar-refractivity contribution < 1.29 is 0 Å². The van der Waals surface area contributed by atoms with Crippen LogP contribution in [0.3, 0.4) is 0 Å². The molecule has 0 atom stereocenters. The molecule has 98 valence electrons. The SMILES string of the molecule is C=Nc1nc(N=C)nc(N=C)n1.CNC(C)(C)C. The van der Waals surface area contributed by atoms with Crippen LogP contribution in [0.1, 0.15) is 20.8 Å². The Labute approximate surface area is 107 Å². The number of nitrogens with zero attached hydrogens (tertiary/aromatic N) is 6. The average molecular weight is 249 g/mol. The second-order valence-electron chi connectivity index (χ2n) is 4.21. The number of rotatable bonds is 3. The fraction of sp³-hybridized carbons (Fsp3) is 0.455. The first kappa shape index (κ1) is 16.0. The molecule has 0 aliphatic heterocycles. The number of hydrogen-bond acceptors (Lipinski definition) is 7. The molecule has 0 saturated heterocycles. The maximum atomic E-state index is 3.75. The van der Waals surface area contributed by atoms with Crippen LogP contribution < -0.4 is 5.32 Å². The molecule has 7 heteroatoms. The summed E-state index contributed by atoms with van der Waals surface area (Å²) in [4.78, 5) is 21.8. The third kappa shape index (κ3) is 6.54. The van der Waals surface area contributed by atoms with Crippen LogP contribution in [-0.4, -0.2) is 47.7 Å². The molecule has 1 heterocycles. The molecular weight excluding hydrogens is 230 g/mol. The van der Waals surface area contributed by atoms with Crippen molar-refractivity contribution in [1.29, 1.82) is 0 Å². The van der Waals surface area contributed by atoms with Gasteiger partial charge in [0.25, 0.3) is 17.8 Å². The van der Waals surface area contributed by atoms with Gasteiger partial charge in [-0.1, -0.05) is 0 Å². The zero-order valence-corrected chi connectivity index (χ0v) is 11.3. The zero-order valence-electron chi connectivity index (χ0n) is 11.3. The molecule has 0 aliphatic rings. The number of aliphatic imine (C=N–C) groups is 3. The van der Waals surface area contributed by atoms with E-state index >= 15 is 0 Å². The second-order valence-corrected chi connectivity index (χ2v) is 4.21. The van der Waals surface area contributed by atoms with Gasteiger partial charge in [0, 0.05) is 5.54 Å². The van der Waals surface area contributed by atoms with E-state index in [0.717, 1.165) is 0 Å². The van der Waals surface area contributed by atoms with E-state index < -0.39 is 0 Å². The summed E-state index contributed by atoms with van der Waals surface area (Å²) in [6.07, 6.45) is 0. The Hall–Kier alpha value is -2.02. The van der Waals surface area contributed by atoms with Crippen LogP contribution in [0.5, 0.6) is 0 Å². The van der Waals surface area contributed by atoms with E-state index in [9.17, 15) is 0 Å². The minimum atomic E-state index is 0.162. The monoisotopic (exact) mass is 249 g/mol. The molecule has 0 spiro atoms. The Kier molecular flexibility index (Phi) is 6.51. The minimum Gasteiger partial charge on any atom is -0.315 e. The van der Waals surface area contributed by atoms with Gasteiger partial charge in [-0.05, 0) is 48.0 Å². The van der Waals surface area contributed by atoms with E-state index in [1.807, 2.05) is 7.05 Å². The molecule has 7 nitrogen and oxygen atoms in total. The van der Waals surface area contributed by atoms with E-state index in [1.54, 1.807) is 0 Å². The van der Waals surface area contributed by atoms with Crippen molar-refractivity contribution in [2.45, 2.75) is 26.3 Å². The van der Waals surface area contributed by atoms with Crippen LogP contribution in [0.4, 0.5) is 17.8 Å². The maximum absolute atomic E-state index is 3.75. The van der Waals surface area contributed by atoms with Crippen molar-refractivity contribution in [3.05, 3.63) is 0 Å². The summed E-state index contributed by atoms with van der Waals surface area (Å²) < 4.78 is 0. The van der Waals surface area contributed by atoms with Crippen LogP contribution in [-0.2, 0) is 0 Å². The number of aromatic nitrogens is 3. The highest BCUT2D eigenvalue weighted by Crippen LogP contribution is 2.13. The summed E-state index contributed by atoms with van der Waals surface area (Å²) in [5, 5.41) is 3.10. The molecule has 0 amide bonds.